The van der Waals surface area contributed by atoms with E-state index in [0.29, 0.717) is 18.8 Å². The fourth-order valence-corrected chi connectivity index (χ4v) is 3.94. The number of carboxylic acid groups (broad SMARTS) is 1. The van der Waals surface area contributed by atoms with E-state index in [1.54, 1.807) is 18.9 Å². The molecular weight excluding hydrogens is 350 g/mol. The quantitative estimate of drug-likeness (QED) is 0.755. The van der Waals surface area contributed by atoms with E-state index in [4.69, 9.17) is 14.6 Å². The van der Waals surface area contributed by atoms with Crippen molar-refractivity contribution < 1.29 is 19.4 Å². The van der Waals surface area contributed by atoms with Crippen molar-refractivity contribution in [3.05, 3.63) is 54.1 Å². The molecule has 6 heteroatoms. The van der Waals surface area contributed by atoms with E-state index in [2.05, 4.69) is 12.1 Å². The lowest BCUT2D eigenvalue weighted by atomic mass is 10.1. The Hall–Kier alpha value is -2.34. The smallest absolute Gasteiger partial charge is 0.407 e. The second kappa shape index (κ2) is 8.85. The molecule has 1 saturated heterocycles. The summed E-state index contributed by atoms with van der Waals surface area (Å²) in [6.45, 7) is 0.982. The fourth-order valence-electron chi connectivity index (χ4n) is 2.98. The lowest BCUT2D eigenvalue weighted by molar-refractivity contribution is 0.0790. The molecule has 5 nitrogen and oxygen atoms in total. The molecule has 1 aliphatic heterocycles. The molecule has 1 amide bonds. The van der Waals surface area contributed by atoms with Gasteiger partial charge in [-0.15, -0.1) is 11.8 Å². The molecule has 1 fully saturated rings. The van der Waals surface area contributed by atoms with Gasteiger partial charge in [-0.2, -0.15) is 0 Å². The molecular formula is C20H23NO4S. The molecule has 1 unspecified atom stereocenters. The van der Waals surface area contributed by atoms with Crippen molar-refractivity contribution in [2.24, 2.45) is 0 Å². The highest BCUT2D eigenvalue weighted by Crippen LogP contribution is 2.35. The van der Waals surface area contributed by atoms with Crippen LogP contribution in [0.3, 0.4) is 0 Å². The first-order valence-electron chi connectivity index (χ1n) is 8.65. The second-order valence-electron chi connectivity index (χ2n) is 6.20. The average Bonchev–Trinajstić information content (AvgIpc) is 2.68. The number of nitrogens with zero attached hydrogens (tertiary/aromatic N) is 1. The first-order chi connectivity index (χ1) is 12.7. The van der Waals surface area contributed by atoms with Crippen molar-refractivity contribution in [2.75, 3.05) is 20.2 Å². The zero-order chi connectivity index (χ0) is 18.4. The Morgan fingerprint density at radius 1 is 1.27 bits per heavy atom. The van der Waals surface area contributed by atoms with Gasteiger partial charge in [0.15, 0.2) is 0 Å². The van der Waals surface area contributed by atoms with Gasteiger partial charge < -0.3 is 19.5 Å². The molecule has 0 aliphatic carbocycles. The SMILES string of the molecule is COc1cc(OC2CCCN(C(=O)O)C2)ccc1SCc1ccccc1. The standard InChI is InChI=1S/C20H23NO4S/c1-24-18-12-16(25-17-8-5-11-21(13-17)20(22)23)9-10-19(18)26-14-15-6-3-2-4-7-15/h2-4,6-7,9-10,12,17H,5,8,11,13-14H2,1H3,(H,22,23). The molecule has 0 radical (unpaired) electrons. The van der Waals surface area contributed by atoms with Crippen molar-refractivity contribution in [1.29, 1.82) is 0 Å². The van der Waals surface area contributed by atoms with E-state index >= 15 is 0 Å². The molecule has 0 bridgehead atoms. The summed E-state index contributed by atoms with van der Waals surface area (Å²) in [6, 6.07) is 16.1. The van der Waals surface area contributed by atoms with Gasteiger partial charge in [0.2, 0.25) is 0 Å². The molecule has 2 aromatic rings. The van der Waals surface area contributed by atoms with Crippen LogP contribution in [-0.2, 0) is 5.75 Å². The minimum Gasteiger partial charge on any atom is -0.495 e. The lowest BCUT2D eigenvalue weighted by Crippen LogP contribution is -2.43. The minimum atomic E-state index is -0.886. The van der Waals surface area contributed by atoms with Gasteiger partial charge in [0, 0.05) is 23.3 Å². The predicted octanol–water partition coefficient (Wildman–Crippen LogP) is 4.51. The molecule has 1 atom stereocenters. The van der Waals surface area contributed by atoms with E-state index in [0.717, 1.165) is 29.2 Å². The third-order valence-electron chi connectivity index (χ3n) is 4.32. The van der Waals surface area contributed by atoms with Gasteiger partial charge >= 0.3 is 6.09 Å². The van der Waals surface area contributed by atoms with Crippen molar-refractivity contribution in [2.45, 2.75) is 29.6 Å². The Bertz CT molecular complexity index is 738. The molecule has 138 valence electrons. The predicted molar refractivity (Wildman–Crippen MR) is 102 cm³/mol. The summed E-state index contributed by atoms with van der Waals surface area (Å²) in [5.41, 5.74) is 1.26. The summed E-state index contributed by atoms with van der Waals surface area (Å²) in [5.74, 6) is 2.35. The zero-order valence-corrected chi connectivity index (χ0v) is 15.6. The summed E-state index contributed by atoms with van der Waals surface area (Å²) in [7, 11) is 1.65. The molecule has 0 saturated carbocycles. The number of piperidine rings is 1. The maximum Gasteiger partial charge on any atom is 0.407 e. The summed E-state index contributed by atoms with van der Waals surface area (Å²) in [6.07, 6.45) is 0.673. The number of amides is 1. The van der Waals surface area contributed by atoms with Gasteiger partial charge in [-0.3, -0.25) is 0 Å². The first-order valence-corrected chi connectivity index (χ1v) is 9.63. The number of thioether (sulfide) groups is 1. The Kier molecular flexibility index (Phi) is 6.28. The van der Waals surface area contributed by atoms with Gasteiger partial charge in [-0.1, -0.05) is 30.3 Å². The summed E-state index contributed by atoms with van der Waals surface area (Å²) in [4.78, 5) is 13.6. The first kappa shape index (κ1) is 18.5. The van der Waals surface area contributed by atoms with Gasteiger partial charge in [0.1, 0.15) is 17.6 Å². The maximum absolute atomic E-state index is 11.1. The summed E-state index contributed by atoms with van der Waals surface area (Å²) < 4.78 is 11.5. The third kappa shape index (κ3) is 4.85. The topological polar surface area (TPSA) is 59.0 Å². The molecule has 0 spiro atoms. The van der Waals surface area contributed by atoms with Crippen LogP contribution in [0.25, 0.3) is 0 Å². The van der Waals surface area contributed by atoms with E-state index in [1.807, 2.05) is 36.4 Å². The molecule has 1 aliphatic rings. The van der Waals surface area contributed by atoms with E-state index in [-0.39, 0.29) is 6.10 Å². The summed E-state index contributed by atoms with van der Waals surface area (Å²) in [5, 5.41) is 9.14. The highest BCUT2D eigenvalue weighted by molar-refractivity contribution is 7.98. The maximum atomic E-state index is 11.1. The molecule has 3 rings (SSSR count). The number of carbonyl (C=O) groups is 1. The van der Waals surface area contributed by atoms with Crippen LogP contribution in [0.4, 0.5) is 4.79 Å². The van der Waals surface area contributed by atoms with Crippen molar-refractivity contribution in [1.82, 2.24) is 4.90 Å². The Morgan fingerprint density at radius 2 is 2.08 bits per heavy atom. The van der Waals surface area contributed by atoms with E-state index in [9.17, 15) is 4.79 Å². The van der Waals surface area contributed by atoms with Crippen LogP contribution in [0, 0.1) is 0 Å². The number of benzene rings is 2. The van der Waals surface area contributed by atoms with Gasteiger partial charge in [0.25, 0.3) is 0 Å². The monoisotopic (exact) mass is 373 g/mol. The summed E-state index contributed by atoms with van der Waals surface area (Å²) >= 11 is 1.72. The van der Waals surface area contributed by atoms with Crippen LogP contribution < -0.4 is 9.47 Å². The zero-order valence-electron chi connectivity index (χ0n) is 14.8. The minimum absolute atomic E-state index is 0.118. The number of likely N-dealkylation sites (tertiary alicyclic amines) is 1. The van der Waals surface area contributed by atoms with Crippen molar-refractivity contribution in [3.8, 4) is 11.5 Å². The number of ether oxygens (including phenoxy) is 2. The molecule has 1 heterocycles. The Labute approximate surface area is 157 Å². The highest BCUT2D eigenvalue weighted by atomic mass is 32.2. The molecule has 0 aromatic heterocycles. The largest absolute Gasteiger partial charge is 0.495 e. The Balaban J connectivity index is 1.63. The van der Waals surface area contributed by atoms with Crippen LogP contribution in [0.2, 0.25) is 0 Å². The van der Waals surface area contributed by atoms with Gasteiger partial charge in [0.05, 0.1) is 13.7 Å². The fraction of sp³-hybridized carbons (Fsp3) is 0.350. The normalized spacial score (nSPS) is 17.0. The van der Waals surface area contributed by atoms with E-state index in [1.165, 1.54) is 10.5 Å². The average molecular weight is 373 g/mol. The van der Waals surface area contributed by atoms with E-state index < -0.39 is 6.09 Å². The van der Waals surface area contributed by atoms with Crippen molar-refractivity contribution >= 4 is 17.9 Å². The second-order valence-corrected chi connectivity index (χ2v) is 7.21. The van der Waals surface area contributed by atoms with Crippen LogP contribution in [0.5, 0.6) is 11.5 Å². The third-order valence-corrected chi connectivity index (χ3v) is 5.45. The van der Waals surface area contributed by atoms with Crippen LogP contribution in [0.15, 0.2) is 53.4 Å². The number of hydrogen-bond donors (Lipinski definition) is 1. The Morgan fingerprint density at radius 3 is 2.81 bits per heavy atom. The highest BCUT2D eigenvalue weighted by Gasteiger charge is 2.24. The van der Waals surface area contributed by atoms with Gasteiger partial charge in [-0.25, -0.2) is 4.79 Å². The molecule has 26 heavy (non-hydrogen) atoms. The lowest BCUT2D eigenvalue weighted by Gasteiger charge is -2.31. The van der Waals surface area contributed by atoms with Crippen LogP contribution in [0.1, 0.15) is 18.4 Å². The molecule has 2 aromatic carbocycles. The van der Waals surface area contributed by atoms with Crippen LogP contribution >= 0.6 is 11.8 Å². The van der Waals surface area contributed by atoms with Gasteiger partial charge in [-0.05, 0) is 30.5 Å². The number of rotatable bonds is 6. The number of hydrogen-bond acceptors (Lipinski definition) is 4. The van der Waals surface area contributed by atoms with Crippen molar-refractivity contribution in [3.63, 3.8) is 0 Å². The van der Waals surface area contributed by atoms with Crippen LogP contribution in [-0.4, -0.2) is 42.4 Å². The molecule has 1 N–H and O–H groups in total. The number of methoxy groups -OCH3 is 1.